The van der Waals surface area contributed by atoms with Crippen molar-refractivity contribution in [3.8, 4) is 0 Å². The van der Waals surface area contributed by atoms with Crippen molar-refractivity contribution in [2.75, 3.05) is 0 Å². The highest BCUT2D eigenvalue weighted by Gasteiger charge is 2.00. The van der Waals surface area contributed by atoms with E-state index >= 15 is 0 Å². The average Bonchev–Trinajstić information content (AvgIpc) is 2.91. The summed E-state index contributed by atoms with van der Waals surface area (Å²) in [6, 6.07) is 4.28. The topological polar surface area (TPSA) is 29.9 Å². The highest BCUT2D eigenvalue weighted by atomic mass is 32.1. The Morgan fingerprint density at radius 3 is 3.12 bits per heavy atom. The van der Waals surface area contributed by atoms with Crippen molar-refractivity contribution in [2.45, 2.75) is 33.0 Å². The number of hydrogen-bond acceptors (Lipinski definition) is 3. The summed E-state index contributed by atoms with van der Waals surface area (Å²) in [5, 5.41) is 5.49. The molecule has 86 valence electrons. The molecule has 16 heavy (non-hydrogen) atoms. The van der Waals surface area contributed by atoms with Gasteiger partial charge in [0.25, 0.3) is 0 Å². The summed E-state index contributed by atoms with van der Waals surface area (Å²) in [6.07, 6.45) is 3.32. The molecule has 0 saturated heterocycles. The molecule has 1 N–H and O–H groups in total. The van der Waals surface area contributed by atoms with E-state index in [9.17, 15) is 0 Å². The van der Waals surface area contributed by atoms with Crippen LogP contribution in [0.2, 0.25) is 0 Å². The number of thiazole rings is 1. The van der Waals surface area contributed by atoms with Crippen LogP contribution in [0.1, 0.15) is 24.7 Å². The van der Waals surface area contributed by atoms with Crippen molar-refractivity contribution in [1.29, 1.82) is 0 Å². The van der Waals surface area contributed by atoms with E-state index in [1.54, 1.807) is 11.3 Å². The van der Waals surface area contributed by atoms with E-state index in [-0.39, 0.29) is 0 Å². The minimum atomic E-state index is 0.848. The number of rotatable bonds is 6. The highest BCUT2D eigenvalue weighted by molar-refractivity contribution is 7.07. The average molecular weight is 235 g/mol. The van der Waals surface area contributed by atoms with Gasteiger partial charge in [0.05, 0.1) is 11.2 Å². The number of nitrogens with one attached hydrogen (secondary N) is 1. The van der Waals surface area contributed by atoms with E-state index in [4.69, 9.17) is 0 Å². The molecular formula is C12H17N3S. The van der Waals surface area contributed by atoms with Crippen LogP contribution in [0.5, 0.6) is 0 Å². The van der Waals surface area contributed by atoms with E-state index in [1.807, 2.05) is 5.51 Å². The van der Waals surface area contributed by atoms with Gasteiger partial charge in [-0.15, -0.1) is 11.3 Å². The van der Waals surface area contributed by atoms with Crippen molar-refractivity contribution in [1.82, 2.24) is 14.9 Å². The molecular weight excluding hydrogens is 218 g/mol. The molecule has 2 heterocycles. The lowest BCUT2D eigenvalue weighted by atomic mass is 10.4. The molecule has 0 amide bonds. The lowest BCUT2D eigenvalue weighted by Crippen LogP contribution is -2.15. The molecule has 0 spiro atoms. The van der Waals surface area contributed by atoms with Gasteiger partial charge in [-0.1, -0.05) is 6.92 Å². The van der Waals surface area contributed by atoms with Gasteiger partial charge in [-0.2, -0.15) is 0 Å². The Balaban J connectivity index is 1.82. The summed E-state index contributed by atoms with van der Waals surface area (Å²) < 4.78 is 2.30. The van der Waals surface area contributed by atoms with Gasteiger partial charge in [0.15, 0.2) is 0 Å². The van der Waals surface area contributed by atoms with Gasteiger partial charge < -0.3 is 9.88 Å². The third-order valence-electron chi connectivity index (χ3n) is 2.48. The molecule has 4 heteroatoms. The zero-order valence-corrected chi connectivity index (χ0v) is 10.3. The molecule has 0 aromatic carbocycles. The fraction of sp³-hybridized carbons (Fsp3) is 0.417. The van der Waals surface area contributed by atoms with Crippen LogP contribution >= 0.6 is 11.3 Å². The Labute approximate surface area is 100 Å². The third kappa shape index (κ3) is 2.93. The molecule has 0 radical (unpaired) electrons. The van der Waals surface area contributed by atoms with E-state index in [2.05, 4.69) is 45.5 Å². The molecule has 2 rings (SSSR count). The van der Waals surface area contributed by atoms with Gasteiger partial charge in [0.1, 0.15) is 0 Å². The SMILES string of the molecule is CCCn1cccc1CNCc1cscn1. The van der Waals surface area contributed by atoms with E-state index in [1.165, 1.54) is 12.1 Å². The van der Waals surface area contributed by atoms with Crippen LogP contribution < -0.4 is 5.32 Å². The van der Waals surface area contributed by atoms with Crippen LogP contribution in [0.25, 0.3) is 0 Å². The molecule has 2 aromatic heterocycles. The third-order valence-corrected chi connectivity index (χ3v) is 3.12. The van der Waals surface area contributed by atoms with Crippen molar-refractivity contribution in [3.05, 3.63) is 40.6 Å². The number of aromatic nitrogens is 2. The molecule has 3 nitrogen and oxygen atoms in total. The molecule has 0 atom stereocenters. The van der Waals surface area contributed by atoms with Crippen LogP contribution in [0.3, 0.4) is 0 Å². The fourth-order valence-electron chi connectivity index (χ4n) is 1.71. The molecule has 0 aliphatic carbocycles. The predicted octanol–water partition coefficient (Wildman–Crippen LogP) is 2.64. The molecule has 2 aromatic rings. The van der Waals surface area contributed by atoms with Crippen molar-refractivity contribution in [2.24, 2.45) is 0 Å². The Morgan fingerprint density at radius 2 is 2.38 bits per heavy atom. The maximum atomic E-state index is 4.24. The van der Waals surface area contributed by atoms with Crippen LogP contribution in [-0.4, -0.2) is 9.55 Å². The molecule has 0 saturated carbocycles. The number of nitrogens with zero attached hydrogens (tertiary/aromatic N) is 2. The Morgan fingerprint density at radius 1 is 1.44 bits per heavy atom. The van der Waals surface area contributed by atoms with E-state index in [0.717, 1.165) is 25.3 Å². The number of aryl methyl sites for hydroxylation is 1. The Kier molecular flexibility index (Phi) is 4.13. The summed E-state index contributed by atoms with van der Waals surface area (Å²) in [6.45, 7) is 5.05. The van der Waals surface area contributed by atoms with E-state index in [0.29, 0.717) is 0 Å². The van der Waals surface area contributed by atoms with Gasteiger partial charge in [0.2, 0.25) is 0 Å². The van der Waals surface area contributed by atoms with Gasteiger partial charge in [-0.05, 0) is 18.6 Å². The maximum absolute atomic E-state index is 4.24. The minimum Gasteiger partial charge on any atom is -0.350 e. The second-order valence-electron chi connectivity index (χ2n) is 3.78. The first-order valence-corrected chi connectivity index (χ1v) is 6.56. The first-order chi connectivity index (χ1) is 7.90. The summed E-state index contributed by atoms with van der Waals surface area (Å²) in [5.74, 6) is 0. The molecule has 0 bridgehead atoms. The zero-order valence-electron chi connectivity index (χ0n) is 9.52. The molecule has 0 fully saturated rings. The first kappa shape index (κ1) is 11.4. The Hall–Kier alpha value is -1.13. The molecule has 0 aliphatic rings. The summed E-state index contributed by atoms with van der Waals surface area (Å²) in [4.78, 5) is 4.24. The van der Waals surface area contributed by atoms with Gasteiger partial charge >= 0.3 is 0 Å². The quantitative estimate of drug-likeness (QED) is 0.834. The smallest absolute Gasteiger partial charge is 0.0795 e. The van der Waals surface area contributed by atoms with Crippen molar-refractivity contribution < 1.29 is 0 Å². The van der Waals surface area contributed by atoms with Crippen molar-refractivity contribution in [3.63, 3.8) is 0 Å². The lowest BCUT2D eigenvalue weighted by Gasteiger charge is -2.08. The van der Waals surface area contributed by atoms with Crippen LogP contribution in [-0.2, 0) is 19.6 Å². The lowest BCUT2D eigenvalue weighted by molar-refractivity contribution is 0.599. The van der Waals surface area contributed by atoms with Crippen LogP contribution in [0.4, 0.5) is 0 Å². The van der Waals surface area contributed by atoms with Gasteiger partial charge in [0, 0.05) is 36.9 Å². The standard InChI is InChI=1S/C12H17N3S/c1-2-5-15-6-3-4-12(15)8-13-7-11-9-16-10-14-11/h3-4,6,9-10,13H,2,5,7-8H2,1H3. The van der Waals surface area contributed by atoms with E-state index < -0.39 is 0 Å². The van der Waals surface area contributed by atoms with Crippen LogP contribution in [0, 0.1) is 0 Å². The minimum absolute atomic E-state index is 0.848. The van der Waals surface area contributed by atoms with Gasteiger partial charge in [-0.3, -0.25) is 0 Å². The second kappa shape index (κ2) is 5.82. The maximum Gasteiger partial charge on any atom is 0.0795 e. The largest absolute Gasteiger partial charge is 0.350 e. The Bertz CT molecular complexity index is 406. The summed E-state index contributed by atoms with van der Waals surface area (Å²) in [5.41, 5.74) is 4.34. The molecule has 0 unspecified atom stereocenters. The molecule has 0 aliphatic heterocycles. The first-order valence-electron chi connectivity index (χ1n) is 5.62. The van der Waals surface area contributed by atoms with Crippen LogP contribution in [0.15, 0.2) is 29.2 Å². The summed E-state index contributed by atoms with van der Waals surface area (Å²) in [7, 11) is 0. The fourth-order valence-corrected chi connectivity index (χ4v) is 2.27. The zero-order chi connectivity index (χ0) is 11.2. The van der Waals surface area contributed by atoms with Crippen molar-refractivity contribution >= 4 is 11.3 Å². The second-order valence-corrected chi connectivity index (χ2v) is 4.49. The predicted molar refractivity (Wildman–Crippen MR) is 67.4 cm³/mol. The van der Waals surface area contributed by atoms with Gasteiger partial charge in [-0.25, -0.2) is 4.98 Å². The normalized spacial score (nSPS) is 10.8. The number of hydrogen-bond donors (Lipinski definition) is 1. The summed E-state index contributed by atoms with van der Waals surface area (Å²) >= 11 is 1.64. The highest BCUT2D eigenvalue weighted by Crippen LogP contribution is 2.04. The monoisotopic (exact) mass is 235 g/mol.